The Hall–Kier alpha value is -2.16. The summed E-state index contributed by atoms with van der Waals surface area (Å²) in [6.07, 6.45) is 0. The van der Waals surface area contributed by atoms with Crippen molar-refractivity contribution >= 4 is 29.7 Å². The number of methoxy groups -OCH3 is 1. The SMILES string of the molecule is COc1ccc(Cl)cc1-c1cc(=O)[nH]c(=S)n1CCNC(=O)CN. The summed E-state index contributed by atoms with van der Waals surface area (Å²) in [5, 5.41) is 3.16. The van der Waals surface area contributed by atoms with Gasteiger partial charge in [0, 0.05) is 29.7 Å². The Kier molecular flexibility index (Phi) is 6.13. The van der Waals surface area contributed by atoms with Crippen molar-refractivity contribution in [2.45, 2.75) is 6.54 Å². The summed E-state index contributed by atoms with van der Waals surface area (Å²) >= 11 is 11.3. The monoisotopic (exact) mass is 368 g/mol. The van der Waals surface area contributed by atoms with Crippen LogP contribution in [0.5, 0.6) is 5.75 Å². The van der Waals surface area contributed by atoms with E-state index >= 15 is 0 Å². The van der Waals surface area contributed by atoms with Crippen molar-refractivity contribution in [2.75, 3.05) is 20.2 Å². The maximum Gasteiger partial charge on any atom is 0.252 e. The Morgan fingerprint density at radius 2 is 2.21 bits per heavy atom. The number of rotatable bonds is 6. The van der Waals surface area contributed by atoms with Crippen molar-refractivity contribution in [2.24, 2.45) is 5.73 Å². The van der Waals surface area contributed by atoms with E-state index in [4.69, 9.17) is 34.3 Å². The fraction of sp³-hybridized carbons (Fsp3) is 0.267. The van der Waals surface area contributed by atoms with Gasteiger partial charge < -0.3 is 20.4 Å². The topological polar surface area (TPSA) is 102 Å². The molecule has 1 amide bonds. The number of H-pyrrole nitrogens is 1. The lowest BCUT2D eigenvalue weighted by molar-refractivity contribution is -0.119. The number of benzene rings is 1. The first-order chi connectivity index (χ1) is 11.5. The molecule has 0 unspecified atom stereocenters. The van der Waals surface area contributed by atoms with Crippen LogP contribution in [0.3, 0.4) is 0 Å². The Morgan fingerprint density at radius 1 is 1.46 bits per heavy atom. The molecule has 0 saturated carbocycles. The van der Waals surface area contributed by atoms with E-state index in [2.05, 4.69) is 10.3 Å². The van der Waals surface area contributed by atoms with Gasteiger partial charge in [-0.25, -0.2) is 0 Å². The van der Waals surface area contributed by atoms with Crippen LogP contribution in [0.4, 0.5) is 0 Å². The number of carbonyl (C=O) groups excluding carboxylic acids is 1. The van der Waals surface area contributed by atoms with Crippen LogP contribution in [-0.2, 0) is 11.3 Å². The molecule has 1 aromatic carbocycles. The molecule has 1 heterocycles. The average Bonchev–Trinajstić information content (AvgIpc) is 2.56. The first kappa shape index (κ1) is 18.2. The molecule has 2 aromatic rings. The average molecular weight is 369 g/mol. The number of nitrogens with two attached hydrogens (primary N) is 1. The van der Waals surface area contributed by atoms with Crippen LogP contribution in [-0.4, -0.2) is 35.7 Å². The van der Waals surface area contributed by atoms with Gasteiger partial charge in [0.05, 0.1) is 19.3 Å². The molecule has 0 saturated heterocycles. The minimum absolute atomic E-state index is 0.0913. The van der Waals surface area contributed by atoms with Gasteiger partial charge in [0.15, 0.2) is 4.77 Å². The van der Waals surface area contributed by atoms with Crippen LogP contribution >= 0.6 is 23.8 Å². The highest BCUT2D eigenvalue weighted by atomic mass is 35.5. The summed E-state index contributed by atoms with van der Waals surface area (Å²) in [6, 6.07) is 6.51. The second-order valence-electron chi connectivity index (χ2n) is 4.87. The molecule has 1 aromatic heterocycles. The number of nitrogens with one attached hydrogen (secondary N) is 2. The quantitative estimate of drug-likeness (QED) is 0.667. The molecule has 2 rings (SSSR count). The number of ether oxygens (including phenoxy) is 1. The van der Waals surface area contributed by atoms with Gasteiger partial charge in [-0.15, -0.1) is 0 Å². The van der Waals surface area contributed by atoms with Gasteiger partial charge in [-0.05, 0) is 30.4 Å². The van der Waals surface area contributed by atoms with Gasteiger partial charge in [-0.2, -0.15) is 0 Å². The van der Waals surface area contributed by atoms with Crippen molar-refractivity contribution in [3.63, 3.8) is 0 Å². The van der Waals surface area contributed by atoms with Crippen LogP contribution in [0.2, 0.25) is 5.02 Å². The first-order valence-electron chi connectivity index (χ1n) is 7.11. The summed E-state index contributed by atoms with van der Waals surface area (Å²) in [4.78, 5) is 25.7. The molecule has 0 radical (unpaired) electrons. The molecule has 0 spiro atoms. The molecular formula is C15H17ClN4O3S. The zero-order chi connectivity index (χ0) is 17.7. The van der Waals surface area contributed by atoms with Crippen molar-refractivity contribution in [1.82, 2.24) is 14.9 Å². The Morgan fingerprint density at radius 3 is 2.88 bits per heavy atom. The number of hydrogen-bond donors (Lipinski definition) is 3. The summed E-state index contributed by atoms with van der Waals surface area (Å²) in [5.74, 6) is 0.284. The molecule has 0 aliphatic heterocycles. The maximum atomic E-state index is 11.9. The number of amides is 1. The number of aromatic nitrogens is 2. The number of carbonyl (C=O) groups is 1. The van der Waals surface area contributed by atoms with Crippen molar-refractivity contribution < 1.29 is 9.53 Å². The van der Waals surface area contributed by atoms with Gasteiger partial charge in [-0.3, -0.25) is 14.6 Å². The van der Waals surface area contributed by atoms with E-state index in [0.717, 1.165) is 0 Å². The third kappa shape index (κ3) is 4.22. The van der Waals surface area contributed by atoms with Gasteiger partial charge in [0.1, 0.15) is 5.75 Å². The second-order valence-corrected chi connectivity index (χ2v) is 5.70. The minimum Gasteiger partial charge on any atom is -0.496 e. The highest BCUT2D eigenvalue weighted by molar-refractivity contribution is 7.71. The normalized spacial score (nSPS) is 10.5. The van der Waals surface area contributed by atoms with E-state index in [9.17, 15) is 9.59 Å². The van der Waals surface area contributed by atoms with Crippen molar-refractivity contribution in [3.05, 3.63) is 44.4 Å². The number of halogens is 1. The lowest BCUT2D eigenvalue weighted by atomic mass is 10.1. The summed E-state index contributed by atoms with van der Waals surface area (Å²) in [6.45, 7) is 0.574. The number of aromatic amines is 1. The fourth-order valence-electron chi connectivity index (χ4n) is 2.23. The molecule has 4 N–H and O–H groups in total. The molecule has 24 heavy (non-hydrogen) atoms. The second kappa shape index (κ2) is 8.09. The molecular weight excluding hydrogens is 352 g/mol. The summed E-state index contributed by atoms with van der Waals surface area (Å²) in [7, 11) is 1.53. The number of nitrogens with zero attached hydrogens (tertiary/aromatic N) is 1. The van der Waals surface area contributed by atoms with Gasteiger partial charge in [0.25, 0.3) is 5.56 Å². The lowest BCUT2D eigenvalue weighted by Gasteiger charge is -2.16. The molecule has 128 valence electrons. The van der Waals surface area contributed by atoms with Crippen LogP contribution in [0.1, 0.15) is 0 Å². The standard InChI is InChI=1S/C15H17ClN4O3S/c1-23-12-3-2-9(16)6-10(12)11-7-13(21)19-15(24)20(11)5-4-18-14(22)8-17/h2-3,6-7H,4-5,8,17H2,1H3,(H,18,22)(H,19,21,24). The maximum absolute atomic E-state index is 11.9. The lowest BCUT2D eigenvalue weighted by Crippen LogP contribution is -2.33. The minimum atomic E-state index is -0.334. The Bertz CT molecular complexity index is 863. The van der Waals surface area contributed by atoms with E-state index in [1.807, 2.05) is 0 Å². The molecule has 0 aliphatic rings. The largest absolute Gasteiger partial charge is 0.496 e. The van der Waals surface area contributed by atoms with E-state index in [1.54, 1.807) is 22.8 Å². The van der Waals surface area contributed by atoms with Crippen molar-refractivity contribution in [1.29, 1.82) is 0 Å². The molecule has 9 heteroatoms. The molecule has 0 aliphatic carbocycles. The summed E-state index contributed by atoms with van der Waals surface area (Å²) < 4.78 is 7.28. The number of hydrogen-bond acceptors (Lipinski definition) is 5. The zero-order valence-corrected chi connectivity index (χ0v) is 14.5. The van der Waals surface area contributed by atoms with Crippen molar-refractivity contribution in [3.8, 4) is 17.0 Å². The van der Waals surface area contributed by atoms with Crippen LogP contribution in [0.25, 0.3) is 11.3 Å². The highest BCUT2D eigenvalue weighted by Gasteiger charge is 2.13. The van der Waals surface area contributed by atoms with Gasteiger partial charge >= 0.3 is 0 Å². The van der Waals surface area contributed by atoms with Gasteiger partial charge in [0.2, 0.25) is 5.91 Å². The predicted octanol–water partition coefficient (Wildman–Crippen LogP) is 1.31. The molecule has 7 nitrogen and oxygen atoms in total. The van der Waals surface area contributed by atoms with E-state index in [-0.39, 0.29) is 22.8 Å². The highest BCUT2D eigenvalue weighted by Crippen LogP contribution is 2.31. The van der Waals surface area contributed by atoms with Crippen LogP contribution in [0, 0.1) is 4.77 Å². The van der Waals surface area contributed by atoms with Crippen LogP contribution < -0.4 is 21.3 Å². The first-order valence-corrected chi connectivity index (χ1v) is 7.89. The zero-order valence-electron chi connectivity index (χ0n) is 13.0. The Balaban J connectivity index is 2.50. The third-order valence-electron chi connectivity index (χ3n) is 3.31. The summed E-state index contributed by atoms with van der Waals surface area (Å²) in [5.41, 5.74) is 6.10. The molecule has 0 atom stereocenters. The molecule has 0 bridgehead atoms. The van der Waals surface area contributed by atoms with Crippen LogP contribution in [0.15, 0.2) is 29.1 Å². The Labute approximate surface area is 148 Å². The van der Waals surface area contributed by atoms with E-state index < -0.39 is 0 Å². The smallest absolute Gasteiger partial charge is 0.252 e. The third-order valence-corrected chi connectivity index (χ3v) is 3.87. The fourth-order valence-corrected chi connectivity index (χ4v) is 2.69. The van der Waals surface area contributed by atoms with Gasteiger partial charge in [-0.1, -0.05) is 11.6 Å². The predicted molar refractivity (Wildman–Crippen MR) is 94.9 cm³/mol. The van der Waals surface area contributed by atoms with E-state index in [1.165, 1.54) is 13.2 Å². The molecule has 0 fully saturated rings. The van der Waals surface area contributed by atoms with E-state index in [0.29, 0.717) is 35.1 Å².